The first kappa shape index (κ1) is 10.0. The van der Waals surface area contributed by atoms with Crippen molar-refractivity contribution in [2.24, 2.45) is 5.92 Å². The molecule has 0 atom stereocenters. The maximum Gasteiger partial charge on any atom is 0.254 e. The number of carbonyl (C=O) groups excluding carboxylic acids is 1. The van der Waals surface area contributed by atoms with E-state index in [2.05, 4.69) is 6.92 Å². The molecule has 1 fully saturated rings. The minimum atomic E-state index is 0.104. The molecule has 0 bridgehead atoms. The summed E-state index contributed by atoms with van der Waals surface area (Å²) >= 11 is 0. The van der Waals surface area contributed by atoms with Crippen molar-refractivity contribution in [3.05, 3.63) is 29.8 Å². The van der Waals surface area contributed by atoms with Crippen molar-refractivity contribution in [1.82, 2.24) is 4.90 Å². The normalized spacial score (nSPS) is 16.0. The zero-order chi connectivity index (χ0) is 10.8. The van der Waals surface area contributed by atoms with Gasteiger partial charge in [-0.05, 0) is 24.1 Å². The number of ether oxygens (including phenoxy) is 1. The van der Waals surface area contributed by atoms with E-state index < -0.39 is 0 Å². The van der Waals surface area contributed by atoms with E-state index in [9.17, 15) is 4.79 Å². The molecule has 0 N–H and O–H groups in total. The predicted molar refractivity (Wildman–Crippen MR) is 58.1 cm³/mol. The van der Waals surface area contributed by atoms with Gasteiger partial charge < -0.3 is 9.64 Å². The highest BCUT2D eigenvalue weighted by atomic mass is 16.5. The fourth-order valence-corrected chi connectivity index (χ4v) is 1.80. The van der Waals surface area contributed by atoms with Crippen molar-refractivity contribution >= 4 is 5.91 Å². The lowest BCUT2D eigenvalue weighted by molar-refractivity contribution is 0.0530. The van der Waals surface area contributed by atoms with Gasteiger partial charge in [0.05, 0.1) is 7.11 Å². The summed E-state index contributed by atoms with van der Waals surface area (Å²) in [6, 6.07) is 7.30. The molecule has 1 heterocycles. The predicted octanol–water partition coefficient (Wildman–Crippen LogP) is 1.79. The van der Waals surface area contributed by atoms with Crippen LogP contribution in [0.15, 0.2) is 24.3 Å². The van der Waals surface area contributed by atoms with Gasteiger partial charge in [0.15, 0.2) is 0 Å². The second-order valence-corrected chi connectivity index (χ2v) is 4.05. The third-order valence-electron chi connectivity index (χ3n) is 2.67. The average Bonchev–Trinajstić information content (AvgIpc) is 2.24. The van der Waals surface area contributed by atoms with E-state index in [1.807, 2.05) is 23.1 Å². The van der Waals surface area contributed by atoms with Crippen LogP contribution in [0.4, 0.5) is 0 Å². The van der Waals surface area contributed by atoms with Gasteiger partial charge in [0.1, 0.15) is 5.75 Å². The lowest BCUT2D eigenvalue weighted by Gasteiger charge is -2.37. The highest BCUT2D eigenvalue weighted by Crippen LogP contribution is 2.20. The second-order valence-electron chi connectivity index (χ2n) is 4.05. The molecule has 80 valence electrons. The molecule has 2 rings (SSSR count). The largest absolute Gasteiger partial charge is 0.497 e. The zero-order valence-corrected chi connectivity index (χ0v) is 9.06. The minimum Gasteiger partial charge on any atom is -0.497 e. The Morgan fingerprint density at radius 1 is 1.47 bits per heavy atom. The fourth-order valence-electron chi connectivity index (χ4n) is 1.80. The molecule has 3 heteroatoms. The van der Waals surface area contributed by atoms with Gasteiger partial charge in [0.25, 0.3) is 5.91 Å². The van der Waals surface area contributed by atoms with Crippen LogP contribution in [0.2, 0.25) is 0 Å². The molecule has 1 aliphatic rings. The number of carbonyl (C=O) groups is 1. The highest BCUT2D eigenvalue weighted by molar-refractivity contribution is 5.95. The van der Waals surface area contributed by atoms with Gasteiger partial charge in [0, 0.05) is 18.7 Å². The molecule has 0 radical (unpaired) electrons. The van der Waals surface area contributed by atoms with Crippen LogP contribution in [0, 0.1) is 5.92 Å². The summed E-state index contributed by atoms with van der Waals surface area (Å²) in [6.07, 6.45) is 0. The van der Waals surface area contributed by atoms with Crippen molar-refractivity contribution in [1.29, 1.82) is 0 Å². The van der Waals surface area contributed by atoms with Crippen molar-refractivity contribution in [2.75, 3.05) is 20.2 Å². The van der Waals surface area contributed by atoms with E-state index >= 15 is 0 Å². The number of hydrogen-bond acceptors (Lipinski definition) is 2. The summed E-state index contributed by atoms with van der Waals surface area (Å²) in [5.41, 5.74) is 0.709. The monoisotopic (exact) mass is 205 g/mol. The van der Waals surface area contributed by atoms with Gasteiger partial charge >= 0.3 is 0 Å². The Balaban J connectivity index is 2.11. The summed E-state index contributed by atoms with van der Waals surface area (Å²) in [5, 5.41) is 0. The molecular weight excluding hydrogens is 190 g/mol. The molecule has 0 unspecified atom stereocenters. The molecule has 0 aliphatic carbocycles. The number of methoxy groups -OCH3 is 1. The summed E-state index contributed by atoms with van der Waals surface area (Å²) in [6.45, 7) is 3.89. The van der Waals surface area contributed by atoms with Gasteiger partial charge in [-0.3, -0.25) is 4.79 Å². The number of rotatable bonds is 2. The summed E-state index contributed by atoms with van der Waals surface area (Å²) in [5.74, 6) is 1.47. The van der Waals surface area contributed by atoms with E-state index in [1.165, 1.54) is 0 Å². The van der Waals surface area contributed by atoms with Gasteiger partial charge in [-0.2, -0.15) is 0 Å². The molecule has 1 aromatic rings. The smallest absolute Gasteiger partial charge is 0.254 e. The quantitative estimate of drug-likeness (QED) is 0.736. The molecule has 1 saturated heterocycles. The van der Waals surface area contributed by atoms with E-state index in [0.717, 1.165) is 18.8 Å². The lowest BCUT2D eigenvalue weighted by atomic mass is 10.0. The molecule has 1 aliphatic heterocycles. The van der Waals surface area contributed by atoms with Crippen LogP contribution in [0.3, 0.4) is 0 Å². The number of amides is 1. The molecule has 1 amide bonds. The number of hydrogen-bond donors (Lipinski definition) is 0. The average molecular weight is 205 g/mol. The second kappa shape index (κ2) is 3.93. The summed E-state index contributed by atoms with van der Waals surface area (Å²) < 4.78 is 5.09. The van der Waals surface area contributed by atoms with E-state index in [4.69, 9.17) is 4.74 Å². The zero-order valence-electron chi connectivity index (χ0n) is 9.06. The SMILES string of the molecule is COc1cccc(C(=O)N2CC(C)C2)c1. The molecule has 1 aromatic carbocycles. The Morgan fingerprint density at radius 3 is 2.80 bits per heavy atom. The third-order valence-corrected chi connectivity index (χ3v) is 2.67. The van der Waals surface area contributed by atoms with Gasteiger partial charge in [-0.1, -0.05) is 13.0 Å². The van der Waals surface area contributed by atoms with Crippen LogP contribution < -0.4 is 4.74 Å². The molecule has 0 saturated carbocycles. The Kier molecular flexibility index (Phi) is 2.62. The standard InChI is InChI=1S/C12H15NO2/c1-9-7-13(8-9)12(14)10-4-3-5-11(6-10)15-2/h3-6,9H,7-8H2,1-2H3. The maximum absolute atomic E-state index is 11.9. The van der Waals surface area contributed by atoms with Crippen molar-refractivity contribution in [3.63, 3.8) is 0 Å². The maximum atomic E-state index is 11.9. The number of likely N-dealkylation sites (tertiary alicyclic amines) is 1. The lowest BCUT2D eigenvalue weighted by Crippen LogP contribution is -2.48. The Morgan fingerprint density at radius 2 is 2.20 bits per heavy atom. The van der Waals surface area contributed by atoms with E-state index in [1.54, 1.807) is 13.2 Å². The van der Waals surface area contributed by atoms with Crippen LogP contribution >= 0.6 is 0 Å². The Hall–Kier alpha value is -1.51. The number of nitrogens with zero attached hydrogens (tertiary/aromatic N) is 1. The Bertz CT molecular complexity index is 370. The molecule has 15 heavy (non-hydrogen) atoms. The first-order chi connectivity index (χ1) is 7.20. The fraction of sp³-hybridized carbons (Fsp3) is 0.417. The molecule has 3 nitrogen and oxygen atoms in total. The van der Waals surface area contributed by atoms with Crippen LogP contribution in [0.1, 0.15) is 17.3 Å². The van der Waals surface area contributed by atoms with Crippen LogP contribution in [-0.4, -0.2) is 31.0 Å². The van der Waals surface area contributed by atoms with Gasteiger partial charge in [0.2, 0.25) is 0 Å². The van der Waals surface area contributed by atoms with Crippen molar-refractivity contribution in [2.45, 2.75) is 6.92 Å². The molecule has 0 spiro atoms. The number of benzene rings is 1. The van der Waals surface area contributed by atoms with Crippen LogP contribution in [-0.2, 0) is 0 Å². The van der Waals surface area contributed by atoms with E-state index in [0.29, 0.717) is 11.5 Å². The first-order valence-corrected chi connectivity index (χ1v) is 5.14. The topological polar surface area (TPSA) is 29.5 Å². The first-order valence-electron chi connectivity index (χ1n) is 5.14. The van der Waals surface area contributed by atoms with Crippen LogP contribution in [0.5, 0.6) is 5.75 Å². The summed E-state index contributed by atoms with van der Waals surface area (Å²) in [4.78, 5) is 13.8. The van der Waals surface area contributed by atoms with Crippen LogP contribution in [0.25, 0.3) is 0 Å². The Labute approximate surface area is 89.7 Å². The van der Waals surface area contributed by atoms with E-state index in [-0.39, 0.29) is 5.91 Å². The molecule has 0 aromatic heterocycles. The third kappa shape index (κ3) is 1.96. The summed E-state index contributed by atoms with van der Waals surface area (Å²) in [7, 11) is 1.61. The minimum absolute atomic E-state index is 0.104. The van der Waals surface area contributed by atoms with Gasteiger partial charge in [-0.15, -0.1) is 0 Å². The van der Waals surface area contributed by atoms with Crippen molar-refractivity contribution in [3.8, 4) is 5.75 Å². The molecular formula is C12H15NO2. The highest BCUT2D eigenvalue weighted by Gasteiger charge is 2.27. The van der Waals surface area contributed by atoms with Crippen molar-refractivity contribution < 1.29 is 9.53 Å². The van der Waals surface area contributed by atoms with Gasteiger partial charge in [-0.25, -0.2) is 0 Å².